The van der Waals surface area contributed by atoms with E-state index in [2.05, 4.69) is 54.7 Å². The Balaban J connectivity index is 0.000000487. The van der Waals surface area contributed by atoms with Crippen LogP contribution in [-0.4, -0.2) is 54.5 Å². The number of hydrogen-bond donors (Lipinski definition) is 0. The van der Waals surface area contributed by atoms with Crippen LogP contribution < -0.4 is 9.49 Å². The van der Waals surface area contributed by atoms with E-state index in [1.54, 1.807) is 0 Å². The van der Waals surface area contributed by atoms with Gasteiger partial charge in [0.15, 0.2) is 0 Å². The molecule has 2 aromatic carbocycles. The standard InChI is InChI=1S/C17H22N3.CH4O4S/c1-19(16-8-6-5-7-9-16)18-14-15-10-12-17(13-11-15)20(2,3)4;1-5-6(2,3)4/h5-14H,1-4H3;1H3,(H,2,3,4)/q+1;/p-1/b18-14+;. The lowest BCUT2D eigenvalue weighted by atomic mass is 10.2. The Kier molecular flexibility index (Phi) is 7.91. The third kappa shape index (κ3) is 8.21. The van der Waals surface area contributed by atoms with Gasteiger partial charge in [-0.25, -0.2) is 8.42 Å². The summed E-state index contributed by atoms with van der Waals surface area (Å²) in [7, 11) is 4.82. The third-order valence-electron chi connectivity index (χ3n) is 3.38. The highest BCUT2D eigenvalue weighted by molar-refractivity contribution is 7.80. The summed E-state index contributed by atoms with van der Waals surface area (Å²) < 4.78 is 31.8. The predicted octanol–water partition coefficient (Wildman–Crippen LogP) is 2.45. The molecule has 0 aliphatic heterocycles. The number of quaternary nitrogens is 1. The first-order valence-electron chi connectivity index (χ1n) is 7.79. The first-order chi connectivity index (χ1) is 12.0. The molecule has 0 spiro atoms. The van der Waals surface area contributed by atoms with Crippen molar-refractivity contribution in [3.05, 3.63) is 60.2 Å². The zero-order valence-corrected chi connectivity index (χ0v) is 16.5. The average Bonchev–Trinajstić information content (AvgIpc) is 2.60. The maximum absolute atomic E-state index is 9.22. The second kappa shape index (κ2) is 9.44. The van der Waals surface area contributed by atoms with Crippen LogP contribution in [0.25, 0.3) is 0 Å². The lowest BCUT2D eigenvalue weighted by Gasteiger charge is -2.23. The van der Waals surface area contributed by atoms with Crippen molar-refractivity contribution in [1.29, 1.82) is 0 Å². The minimum atomic E-state index is -4.41. The van der Waals surface area contributed by atoms with Crippen LogP contribution in [0.1, 0.15) is 5.56 Å². The molecule has 0 heterocycles. The molecule has 0 fully saturated rings. The monoisotopic (exact) mass is 379 g/mol. The first kappa shape index (κ1) is 21.8. The number of hydrazone groups is 1. The maximum Gasteiger partial charge on any atom is 0.217 e. The Morgan fingerprint density at radius 3 is 1.96 bits per heavy atom. The van der Waals surface area contributed by atoms with Gasteiger partial charge in [-0.05, 0) is 42.0 Å². The number of benzene rings is 2. The molecule has 0 bridgehead atoms. The zero-order chi connectivity index (χ0) is 19.8. The van der Waals surface area contributed by atoms with E-state index in [1.165, 1.54) is 5.69 Å². The minimum Gasteiger partial charge on any atom is -0.726 e. The van der Waals surface area contributed by atoms with Gasteiger partial charge in [-0.1, -0.05) is 18.2 Å². The van der Waals surface area contributed by atoms with E-state index in [4.69, 9.17) is 0 Å². The van der Waals surface area contributed by atoms with Crippen molar-refractivity contribution >= 4 is 28.0 Å². The number of para-hydroxylation sites is 1. The normalized spacial score (nSPS) is 11.8. The Morgan fingerprint density at radius 2 is 1.54 bits per heavy atom. The van der Waals surface area contributed by atoms with Crippen LogP contribution in [0.15, 0.2) is 59.7 Å². The molecule has 0 unspecified atom stereocenters. The molecule has 0 radical (unpaired) electrons. The Bertz CT molecular complexity index is 799. The molecule has 0 aromatic heterocycles. The van der Waals surface area contributed by atoms with Gasteiger partial charge in [-0.2, -0.15) is 5.10 Å². The van der Waals surface area contributed by atoms with E-state index in [-0.39, 0.29) is 0 Å². The van der Waals surface area contributed by atoms with Crippen molar-refractivity contribution in [2.24, 2.45) is 5.10 Å². The van der Waals surface area contributed by atoms with E-state index in [0.717, 1.165) is 22.8 Å². The lowest BCUT2D eigenvalue weighted by molar-refractivity contribution is 0.314. The molecular formula is C18H25N3O4S. The van der Waals surface area contributed by atoms with Crippen LogP contribution in [0.3, 0.4) is 0 Å². The summed E-state index contributed by atoms with van der Waals surface area (Å²) in [6.07, 6.45) is 1.88. The van der Waals surface area contributed by atoms with Gasteiger partial charge in [0.1, 0.15) is 5.69 Å². The molecule has 0 saturated heterocycles. The fourth-order valence-corrected chi connectivity index (χ4v) is 1.87. The maximum atomic E-state index is 9.22. The van der Waals surface area contributed by atoms with E-state index < -0.39 is 10.4 Å². The highest BCUT2D eigenvalue weighted by Gasteiger charge is 2.10. The third-order valence-corrected chi connectivity index (χ3v) is 3.79. The van der Waals surface area contributed by atoms with Crippen molar-refractivity contribution in [1.82, 2.24) is 4.48 Å². The lowest BCUT2D eigenvalue weighted by Crippen LogP contribution is -2.34. The Hall–Kier alpha value is -2.26. The Morgan fingerprint density at radius 1 is 1.04 bits per heavy atom. The molecule has 0 amide bonds. The zero-order valence-electron chi connectivity index (χ0n) is 15.7. The molecule has 0 saturated carbocycles. The number of hydrogen-bond acceptors (Lipinski definition) is 6. The molecule has 7 nitrogen and oxygen atoms in total. The molecule has 0 atom stereocenters. The molecule has 142 valence electrons. The summed E-state index contributed by atoms with van der Waals surface area (Å²) in [6.45, 7) is 0. The largest absolute Gasteiger partial charge is 0.726 e. The van der Waals surface area contributed by atoms with Crippen LogP contribution >= 0.6 is 0 Å². The highest BCUT2D eigenvalue weighted by atomic mass is 32.3. The van der Waals surface area contributed by atoms with Crippen LogP contribution in [0.4, 0.5) is 11.4 Å². The van der Waals surface area contributed by atoms with Gasteiger partial charge in [-0.3, -0.25) is 13.7 Å². The topological polar surface area (TPSA) is 82.0 Å². The average molecular weight is 379 g/mol. The fourth-order valence-electron chi connectivity index (χ4n) is 1.87. The summed E-state index contributed by atoms with van der Waals surface area (Å²) in [6, 6.07) is 18.6. The van der Waals surface area contributed by atoms with Crippen LogP contribution in [0.5, 0.6) is 0 Å². The second-order valence-corrected chi connectivity index (χ2v) is 7.43. The number of nitrogens with zero attached hydrogens (tertiary/aromatic N) is 3. The molecular weight excluding hydrogens is 354 g/mol. The molecule has 0 N–H and O–H groups in total. The number of anilines is 1. The highest BCUT2D eigenvalue weighted by Crippen LogP contribution is 2.17. The van der Waals surface area contributed by atoms with Gasteiger partial charge in [0, 0.05) is 7.05 Å². The quantitative estimate of drug-likeness (QED) is 0.262. The van der Waals surface area contributed by atoms with Crippen molar-refractivity contribution in [2.75, 3.05) is 40.3 Å². The van der Waals surface area contributed by atoms with E-state index in [9.17, 15) is 13.0 Å². The van der Waals surface area contributed by atoms with Gasteiger partial charge in [0.25, 0.3) is 0 Å². The van der Waals surface area contributed by atoms with Crippen molar-refractivity contribution in [3.8, 4) is 0 Å². The van der Waals surface area contributed by atoms with Gasteiger partial charge >= 0.3 is 0 Å². The molecule has 2 aromatic rings. The summed E-state index contributed by atoms with van der Waals surface area (Å²) in [5.74, 6) is 0. The van der Waals surface area contributed by atoms with Gasteiger partial charge in [0.2, 0.25) is 10.4 Å². The van der Waals surface area contributed by atoms with E-state index >= 15 is 0 Å². The molecule has 2 rings (SSSR count). The molecule has 26 heavy (non-hydrogen) atoms. The van der Waals surface area contributed by atoms with Crippen LogP contribution in [0, 0.1) is 0 Å². The van der Waals surface area contributed by atoms with Crippen molar-refractivity contribution < 1.29 is 17.2 Å². The second-order valence-electron chi connectivity index (χ2n) is 6.28. The fraction of sp³-hybridized carbons (Fsp3) is 0.278. The predicted molar refractivity (Wildman–Crippen MR) is 105 cm³/mol. The van der Waals surface area contributed by atoms with Crippen molar-refractivity contribution in [2.45, 2.75) is 0 Å². The van der Waals surface area contributed by atoms with Crippen LogP contribution in [-0.2, 0) is 14.6 Å². The van der Waals surface area contributed by atoms with Gasteiger partial charge < -0.3 is 4.55 Å². The van der Waals surface area contributed by atoms with Crippen LogP contribution in [0.2, 0.25) is 0 Å². The number of rotatable bonds is 5. The van der Waals surface area contributed by atoms with Gasteiger partial charge in [0.05, 0.1) is 40.2 Å². The first-order valence-corrected chi connectivity index (χ1v) is 9.12. The van der Waals surface area contributed by atoms with E-state index in [1.807, 2.05) is 48.6 Å². The summed E-state index contributed by atoms with van der Waals surface area (Å²) in [4.78, 5) is 0. The van der Waals surface area contributed by atoms with E-state index in [0.29, 0.717) is 0 Å². The van der Waals surface area contributed by atoms with Gasteiger partial charge in [-0.15, -0.1) is 0 Å². The smallest absolute Gasteiger partial charge is 0.217 e. The Labute approximate surface area is 155 Å². The molecule has 8 heteroatoms. The minimum absolute atomic E-state index is 0.808. The summed E-state index contributed by atoms with van der Waals surface area (Å²) in [5.41, 5.74) is 3.45. The summed E-state index contributed by atoms with van der Waals surface area (Å²) in [5, 5.41) is 6.33. The summed E-state index contributed by atoms with van der Waals surface area (Å²) >= 11 is 0. The molecule has 0 aliphatic rings. The SMILES string of the molecule is CN(/N=C/c1ccc([N+](C)(C)C)cc1)c1ccccc1.COS(=O)(=O)[O-]. The molecule has 0 aliphatic carbocycles. The van der Waals surface area contributed by atoms with Crippen molar-refractivity contribution in [3.63, 3.8) is 0 Å².